The molecule has 0 rings (SSSR count). The third-order valence-electron chi connectivity index (χ3n) is 2.54. The molecule has 0 amide bonds. The molecule has 0 aliphatic rings. The van der Waals surface area contributed by atoms with E-state index in [4.69, 9.17) is 5.11 Å². The van der Waals surface area contributed by atoms with E-state index in [1.165, 1.54) is 38.5 Å². The normalized spacial score (nSPS) is 15.7. The van der Waals surface area contributed by atoms with E-state index < -0.39 is 0 Å². The summed E-state index contributed by atoms with van der Waals surface area (Å²) < 4.78 is 0. The van der Waals surface area contributed by atoms with Crippen molar-refractivity contribution in [1.82, 2.24) is 0 Å². The van der Waals surface area contributed by atoms with Gasteiger partial charge >= 0.3 is 0 Å². The molecule has 0 saturated carbocycles. The monoisotopic (exact) mass is 186 g/mol. The third kappa shape index (κ3) is 9.88. The third-order valence-corrected chi connectivity index (χ3v) is 2.54. The van der Waals surface area contributed by atoms with Crippen molar-refractivity contribution in [3.63, 3.8) is 0 Å². The Hall–Kier alpha value is -0.0400. The van der Waals surface area contributed by atoms with Crippen LogP contribution in [0.25, 0.3) is 0 Å². The fourth-order valence-electron chi connectivity index (χ4n) is 1.80. The molecule has 0 aromatic carbocycles. The zero-order valence-electron chi connectivity index (χ0n) is 9.55. The summed E-state index contributed by atoms with van der Waals surface area (Å²) in [6, 6.07) is 0. The van der Waals surface area contributed by atoms with Gasteiger partial charge in [-0.2, -0.15) is 0 Å². The predicted molar refractivity (Wildman–Crippen MR) is 58.8 cm³/mol. The molecule has 0 bridgehead atoms. The van der Waals surface area contributed by atoms with Gasteiger partial charge in [-0.25, -0.2) is 0 Å². The lowest BCUT2D eigenvalue weighted by molar-refractivity contribution is 0.161. The highest BCUT2D eigenvalue weighted by molar-refractivity contribution is 4.57. The molecule has 80 valence electrons. The van der Waals surface area contributed by atoms with Crippen LogP contribution in [0.1, 0.15) is 65.7 Å². The topological polar surface area (TPSA) is 20.2 Å². The van der Waals surface area contributed by atoms with Crippen LogP contribution >= 0.6 is 0 Å². The maximum Gasteiger partial charge on any atom is 0.0514 e. The Labute approximate surface area is 83.5 Å². The van der Waals surface area contributed by atoms with Gasteiger partial charge in [-0.3, -0.25) is 0 Å². The highest BCUT2D eigenvalue weighted by atomic mass is 16.3. The second kappa shape index (κ2) is 8.55. The molecule has 0 spiro atoms. The second-order valence-corrected chi connectivity index (χ2v) is 4.39. The predicted octanol–water partition coefficient (Wildman–Crippen LogP) is 3.75. The Morgan fingerprint density at radius 3 is 2.15 bits per heavy atom. The van der Waals surface area contributed by atoms with Gasteiger partial charge in [0.1, 0.15) is 0 Å². The summed E-state index contributed by atoms with van der Waals surface area (Å²) in [4.78, 5) is 0. The first-order chi connectivity index (χ1) is 6.16. The van der Waals surface area contributed by atoms with Gasteiger partial charge in [0, 0.05) is 0 Å². The Morgan fingerprint density at radius 1 is 1.00 bits per heavy atom. The quantitative estimate of drug-likeness (QED) is 0.572. The van der Waals surface area contributed by atoms with Crippen LogP contribution in [0.15, 0.2) is 0 Å². The van der Waals surface area contributed by atoms with Crippen molar-refractivity contribution in [2.24, 2.45) is 5.92 Å². The Kier molecular flexibility index (Phi) is 8.53. The molecule has 0 fully saturated rings. The number of hydrogen-bond acceptors (Lipinski definition) is 1. The van der Waals surface area contributed by atoms with E-state index in [0.717, 1.165) is 6.42 Å². The maximum atomic E-state index is 9.16. The highest BCUT2D eigenvalue weighted by Gasteiger charge is 2.05. The summed E-state index contributed by atoms with van der Waals surface area (Å²) in [5.41, 5.74) is 0. The molecule has 0 heterocycles. The van der Waals surface area contributed by atoms with Gasteiger partial charge in [0.05, 0.1) is 6.10 Å². The van der Waals surface area contributed by atoms with Crippen molar-refractivity contribution in [2.45, 2.75) is 71.8 Å². The van der Waals surface area contributed by atoms with E-state index in [1.807, 2.05) is 6.92 Å². The Bertz CT molecular complexity index is 99.3. The number of rotatable bonds is 8. The largest absolute Gasteiger partial charge is 0.393 e. The second-order valence-electron chi connectivity index (χ2n) is 4.39. The van der Waals surface area contributed by atoms with Crippen molar-refractivity contribution in [1.29, 1.82) is 0 Å². The Morgan fingerprint density at radius 2 is 1.62 bits per heavy atom. The van der Waals surface area contributed by atoms with Crippen molar-refractivity contribution >= 4 is 0 Å². The maximum absolute atomic E-state index is 9.16. The van der Waals surface area contributed by atoms with E-state index in [2.05, 4.69) is 13.8 Å². The molecule has 1 unspecified atom stereocenters. The summed E-state index contributed by atoms with van der Waals surface area (Å²) in [5.74, 6) is 0.696. The summed E-state index contributed by atoms with van der Waals surface area (Å²) >= 11 is 0. The molecule has 0 radical (unpaired) electrons. The van der Waals surface area contributed by atoms with E-state index in [-0.39, 0.29) is 6.10 Å². The fourth-order valence-corrected chi connectivity index (χ4v) is 1.80. The van der Waals surface area contributed by atoms with Crippen LogP contribution in [0.2, 0.25) is 0 Å². The standard InChI is InChI=1S/C12H26O/c1-4-5-6-7-8-9-11(2)10-12(3)13/h11-13H,4-10H2,1-3H3/t11?,12-/m0/s1. The minimum atomic E-state index is -0.120. The van der Waals surface area contributed by atoms with E-state index >= 15 is 0 Å². The molecular weight excluding hydrogens is 160 g/mol. The van der Waals surface area contributed by atoms with Crippen LogP contribution < -0.4 is 0 Å². The lowest BCUT2D eigenvalue weighted by atomic mass is 9.97. The van der Waals surface area contributed by atoms with Gasteiger partial charge in [0.2, 0.25) is 0 Å². The molecule has 13 heavy (non-hydrogen) atoms. The first-order valence-corrected chi connectivity index (χ1v) is 5.84. The number of hydrogen-bond donors (Lipinski definition) is 1. The van der Waals surface area contributed by atoms with Gasteiger partial charge in [0.15, 0.2) is 0 Å². The Balaban J connectivity index is 3.12. The first-order valence-electron chi connectivity index (χ1n) is 5.84. The molecular formula is C12H26O. The molecule has 0 saturated heterocycles. The first kappa shape index (κ1) is 13.0. The molecule has 0 aliphatic carbocycles. The highest BCUT2D eigenvalue weighted by Crippen LogP contribution is 2.15. The summed E-state index contributed by atoms with van der Waals surface area (Å²) in [7, 11) is 0. The molecule has 1 nitrogen and oxygen atoms in total. The average Bonchev–Trinajstić information content (AvgIpc) is 2.02. The lowest BCUT2D eigenvalue weighted by Crippen LogP contribution is -2.06. The SMILES string of the molecule is CCCCCCCC(C)C[C@H](C)O. The van der Waals surface area contributed by atoms with E-state index in [1.54, 1.807) is 0 Å². The number of aliphatic hydroxyl groups excluding tert-OH is 1. The molecule has 0 aliphatic heterocycles. The smallest absolute Gasteiger partial charge is 0.0514 e. The zero-order chi connectivity index (χ0) is 10.1. The zero-order valence-corrected chi connectivity index (χ0v) is 9.55. The average molecular weight is 186 g/mol. The van der Waals surface area contributed by atoms with Crippen molar-refractivity contribution in [3.8, 4) is 0 Å². The molecule has 0 aromatic heterocycles. The molecule has 0 aromatic rings. The van der Waals surface area contributed by atoms with Crippen LogP contribution in [0.4, 0.5) is 0 Å². The van der Waals surface area contributed by atoms with Crippen molar-refractivity contribution in [2.75, 3.05) is 0 Å². The van der Waals surface area contributed by atoms with E-state index in [0.29, 0.717) is 5.92 Å². The van der Waals surface area contributed by atoms with Crippen LogP contribution in [-0.2, 0) is 0 Å². The minimum Gasteiger partial charge on any atom is -0.393 e. The van der Waals surface area contributed by atoms with Crippen molar-refractivity contribution in [3.05, 3.63) is 0 Å². The summed E-state index contributed by atoms with van der Waals surface area (Å²) in [6.45, 7) is 6.37. The minimum absolute atomic E-state index is 0.120. The van der Waals surface area contributed by atoms with E-state index in [9.17, 15) is 0 Å². The van der Waals surface area contributed by atoms with Gasteiger partial charge in [0.25, 0.3) is 0 Å². The molecule has 2 atom stereocenters. The lowest BCUT2D eigenvalue weighted by Gasteiger charge is -2.12. The number of unbranched alkanes of at least 4 members (excludes halogenated alkanes) is 4. The van der Waals surface area contributed by atoms with Crippen LogP contribution in [0, 0.1) is 5.92 Å². The van der Waals surface area contributed by atoms with Gasteiger partial charge < -0.3 is 5.11 Å². The number of aliphatic hydroxyl groups is 1. The van der Waals surface area contributed by atoms with Gasteiger partial charge in [-0.05, 0) is 19.3 Å². The molecule has 1 heteroatoms. The van der Waals surface area contributed by atoms with Crippen LogP contribution in [0.5, 0.6) is 0 Å². The molecule has 1 N–H and O–H groups in total. The van der Waals surface area contributed by atoms with Gasteiger partial charge in [-0.15, -0.1) is 0 Å². The van der Waals surface area contributed by atoms with Crippen molar-refractivity contribution < 1.29 is 5.11 Å². The van der Waals surface area contributed by atoms with Crippen LogP contribution in [0.3, 0.4) is 0 Å². The van der Waals surface area contributed by atoms with Crippen LogP contribution in [-0.4, -0.2) is 11.2 Å². The fraction of sp³-hybridized carbons (Fsp3) is 1.00. The summed E-state index contributed by atoms with van der Waals surface area (Å²) in [6.07, 6.45) is 8.94. The summed E-state index contributed by atoms with van der Waals surface area (Å²) in [5, 5.41) is 9.16. The van der Waals surface area contributed by atoms with Gasteiger partial charge in [-0.1, -0.05) is 52.4 Å².